The molecule has 1 fully saturated rings. The van der Waals surface area contributed by atoms with Crippen LogP contribution in [0.15, 0.2) is 30.5 Å². The highest BCUT2D eigenvalue weighted by atomic mass is 16.5. The van der Waals surface area contributed by atoms with Crippen molar-refractivity contribution in [1.82, 2.24) is 10.6 Å². The molecule has 0 bridgehead atoms. The highest BCUT2D eigenvalue weighted by Crippen LogP contribution is 2.35. The van der Waals surface area contributed by atoms with Crippen molar-refractivity contribution < 1.29 is 24.2 Å². The highest BCUT2D eigenvalue weighted by Gasteiger charge is 2.39. The summed E-state index contributed by atoms with van der Waals surface area (Å²) in [6.45, 7) is 7.93. The molecule has 1 aromatic rings. The molecular weight excluding hydrogens is 312 g/mol. The van der Waals surface area contributed by atoms with Gasteiger partial charge in [-0.1, -0.05) is 26.5 Å². The maximum absolute atomic E-state index is 12.5. The number of aromatic hydroxyl groups is 1. The van der Waals surface area contributed by atoms with Gasteiger partial charge in [0.1, 0.15) is 5.92 Å². The number of phenols is 1. The van der Waals surface area contributed by atoms with E-state index >= 15 is 0 Å². The Morgan fingerprint density at radius 1 is 1.42 bits per heavy atom. The van der Waals surface area contributed by atoms with Crippen LogP contribution in [0, 0.1) is 11.8 Å². The number of rotatable bonds is 5. The number of ether oxygens (including phenoxy) is 2. The largest absolute Gasteiger partial charge is 0.504 e. The molecule has 0 aromatic heterocycles. The molecule has 0 saturated carbocycles. The molecular formula is C17H22N2O5. The van der Waals surface area contributed by atoms with Crippen LogP contribution in [-0.4, -0.2) is 30.8 Å². The molecule has 7 heteroatoms. The van der Waals surface area contributed by atoms with Crippen molar-refractivity contribution in [2.45, 2.75) is 19.9 Å². The fourth-order valence-corrected chi connectivity index (χ4v) is 2.47. The molecule has 1 aliphatic rings. The third-order valence-electron chi connectivity index (χ3n) is 3.65. The Labute approximate surface area is 140 Å². The van der Waals surface area contributed by atoms with Gasteiger partial charge in [0.15, 0.2) is 11.5 Å². The summed E-state index contributed by atoms with van der Waals surface area (Å²) in [5.41, 5.74) is 0.872. The van der Waals surface area contributed by atoms with E-state index in [1.54, 1.807) is 12.1 Å². The second-order valence-corrected chi connectivity index (χ2v) is 6.03. The summed E-state index contributed by atoms with van der Waals surface area (Å²) in [4.78, 5) is 24.3. The number of phenolic OH excluding ortho intramolecular Hbond substituents is 1. The minimum Gasteiger partial charge on any atom is -0.504 e. The van der Waals surface area contributed by atoms with Gasteiger partial charge < -0.3 is 25.2 Å². The molecule has 1 heterocycles. The number of amides is 2. The number of esters is 1. The molecule has 0 aliphatic carbocycles. The van der Waals surface area contributed by atoms with Gasteiger partial charge in [-0.15, -0.1) is 0 Å². The van der Waals surface area contributed by atoms with Crippen molar-refractivity contribution in [1.29, 1.82) is 0 Å². The van der Waals surface area contributed by atoms with Crippen LogP contribution >= 0.6 is 0 Å². The molecule has 0 spiro atoms. The molecule has 24 heavy (non-hydrogen) atoms. The molecule has 1 aromatic carbocycles. The predicted octanol–water partition coefficient (Wildman–Crippen LogP) is 2.08. The molecule has 2 amide bonds. The van der Waals surface area contributed by atoms with Crippen molar-refractivity contribution in [2.75, 3.05) is 13.7 Å². The van der Waals surface area contributed by atoms with Crippen LogP contribution in [0.1, 0.15) is 25.5 Å². The molecule has 0 radical (unpaired) electrons. The van der Waals surface area contributed by atoms with Crippen molar-refractivity contribution in [3.8, 4) is 11.5 Å². The van der Waals surface area contributed by atoms with Crippen molar-refractivity contribution in [3.63, 3.8) is 0 Å². The number of benzene rings is 1. The monoisotopic (exact) mass is 334 g/mol. The third-order valence-corrected chi connectivity index (χ3v) is 3.65. The maximum Gasteiger partial charge on any atom is 0.319 e. The first-order valence-corrected chi connectivity index (χ1v) is 7.63. The average molecular weight is 334 g/mol. The minimum atomic E-state index is -0.782. The van der Waals surface area contributed by atoms with E-state index in [1.807, 2.05) is 13.8 Å². The van der Waals surface area contributed by atoms with Crippen molar-refractivity contribution >= 4 is 12.0 Å². The molecule has 1 saturated heterocycles. The molecule has 2 unspecified atom stereocenters. The molecule has 2 atom stereocenters. The Morgan fingerprint density at radius 3 is 2.75 bits per heavy atom. The quantitative estimate of drug-likeness (QED) is 0.716. The van der Waals surface area contributed by atoms with E-state index in [2.05, 4.69) is 17.2 Å². The summed E-state index contributed by atoms with van der Waals surface area (Å²) in [6, 6.07) is 3.51. The lowest BCUT2D eigenvalue weighted by molar-refractivity contribution is -0.149. The van der Waals surface area contributed by atoms with E-state index < -0.39 is 24.0 Å². The maximum atomic E-state index is 12.5. The summed E-state index contributed by atoms with van der Waals surface area (Å²) in [5.74, 6) is -0.839. The second-order valence-electron chi connectivity index (χ2n) is 6.03. The van der Waals surface area contributed by atoms with Crippen LogP contribution in [0.4, 0.5) is 4.79 Å². The highest BCUT2D eigenvalue weighted by molar-refractivity contribution is 5.85. The Morgan fingerprint density at radius 2 is 2.12 bits per heavy atom. The standard InChI is InChI=1S/C17H22N2O5/c1-9(2)8-24-16(21)14-10(3)18-17(22)19-15(14)11-5-6-12(20)13(7-11)23-4/h5-7,9,14-15,20H,3,8H2,1-2,4H3,(H2,18,19,22). The van der Waals surface area contributed by atoms with E-state index in [-0.39, 0.29) is 29.7 Å². The number of carbonyl (C=O) groups is 2. The average Bonchev–Trinajstić information content (AvgIpc) is 2.52. The molecule has 2 rings (SSSR count). The van der Waals surface area contributed by atoms with E-state index in [0.717, 1.165) is 0 Å². The Bertz CT molecular complexity index is 656. The zero-order chi connectivity index (χ0) is 17.9. The van der Waals surface area contributed by atoms with Gasteiger partial charge in [-0.05, 0) is 23.6 Å². The SMILES string of the molecule is C=C1NC(=O)NC(c2ccc(O)c(OC)c2)C1C(=O)OCC(C)C. The van der Waals surface area contributed by atoms with Gasteiger partial charge in [0.05, 0.1) is 19.8 Å². The molecule has 7 nitrogen and oxygen atoms in total. The number of hydrogen-bond acceptors (Lipinski definition) is 5. The van der Waals surface area contributed by atoms with Gasteiger partial charge in [0.25, 0.3) is 0 Å². The number of hydrogen-bond donors (Lipinski definition) is 3. The van der Waals surface area contributed by atoms with Gasteiger partial charge in [-0.2, -0.15) is 0 Å². The Kier molecular flexibility index (Phi) is 5.33. The lowest BCUT2D eigenvalue weighted by atomic mass is 9.89. The normalized spacial score (nSPS) is 20.3. The zero-order valence-electron chi connectivity index (χ0n) is 14.0. The summed E-state index contributed by atoms with van der Waals surface area (Å²) < 4.78 is 10.4. The third kappa shape index (κ3) is 3.79. The number of methoxy groups -OCH3 is 1. The summed E-state index contributed by atoms with van der Waals surface area (Å²) in [7, 11) is 1.42. The van der Waals surface area contributed by atoms with Crippen LogP contribution in [-0.2, 0) is 9.53 Å². The first-order chi connectivity index (χ1) is 11.3. The summed E-state index contributed by atoms with van der Waals surface area (Å²) in [6.07, 6.45) is 0. The van der Waals surface area contributed by atoms with Crippen LogP contribution in [0.25, 0.3) is 0 Å². The topological polar surface area (TPSA) is 96.9 Å². The molecule has 3 N–H and O–H groups in total. The van der Waals surface area contributed by atoms with Crippen molar-refractivity contribution in [3.05, 3.63) is 36.0 Å². The fraction of sp³-hybridized carbons (Fsp3) is 0.412. The van der Waals surface area contributed by atoms with Crippen LogP contribution in [0.2, 0.25) is 0 Å². The number of urea groups is 1. The lowest BCUT2D eigenvalue weighted by Gasteiger charge is -2.33. The van der Waals surface area contributed by atoms with Gasteiger partial charge in [-0.3, -0.25) is 4.79 Å². The number of nitrogens with one attached hydrogen (secondary N) is 2. The Balaban J connectivity index is 2.33. The Hall–Kier alpha value is -2.70. The molecule has 1 aliphatic heterocycles. The minimum absolute atomic E-state index is 0.0285. The van der Waals surface area contributed by atoms with Gasteiger partial charge in [-0.25, -0.2) is 4.79 Å². The van der Waals surface area contributed by atoms with Gasteiger partial charge in [0.2, 0.25) is 0 Å². The van der Waals surface area contributed by atoms with Gasteiger partial charge >= 0.3 is 12.0 Å². The second kappa shape index (κ2) is 7.25. The first kappa shape index (κ1) is 17.7. The lowest BCUT2D eigenvalue weighted by Crippen LogP contribution is -2.51. The smallest absolute Gasteiger partial charge is 0.319 e. The summed E-state index contributed by atoms with van der Waals surface area (Å²) in [5, 5.41) is 14.9. The molecule has 130 valence electrons. The predicted molar refractivity (Wildman–Crippen MR) is 87.5 cm³/mol. The van der Waals surface area contributed by atoms with Crippen LogP contribution in [0.3, 0.4) is 0 Å². The van der Waals surface area contributed by atoms with Crippen LogP contribution in [0.5, 0.6) is 11.5 Å². The van der Waals surface area contributed by atoms with Crippen molar-refractivity contribution in [2.24, 2.45) is 11.8 Å². The van der Waals surface area contributed by atoms with E-state index in [0.29, 0.717) is 5.56 Å². The first-order valence-electron chi connectivity index (χ1n) is 7.63. The van der Waals surface area contributed by atoms with E-state index in [9.17, 15) is 14.7 Å². The number of carbonyl (C=O) groups excluding carboxylic acids is 2. The summed E-state index contributed by atoms with van der Waals surface area (Å²) >= 11 is 0. The fourth-order valence-electron chi connectivity index (χ4n) is 2.47. The van der Waals surface area contributed by atoms with E-state index in [4.69, 9.17) is 9.47 Å². The van der Waals surface area contributed by atoms with Crippen LogP contribution < -0.4 is 15.4 Å². The van der Waals surface area contributed by atoms with Gasteiger partial charge in [0, 0.05) is 5.70 Å². The zero-order valence-corrected chi connectivity index (χ0v) is 14.0. The van der Waals surface area contributed by atoms with E-state index in [1.165, 1.54) is 13.2 Å².